The van der Waals surface area contributed by atoms with Gasteiger partial charge in [-0.05, 0) is 30.0 Å². The highest BCUT2D eigenvalue weighted by Gasteiger charge is 2.42. The van der Waals surface area contributed by atoms with Crippen molar-refractivity contribution < 1.29 is 14.3 Å². The Labute approximate surface area is 135 Å². The molecule has 1 aromatic carbocycles. The average molecular weight is 318 g/mol. The fourth-order valence-corrected chi connectivity index (χ4v) is 3.31. The zero-order chi connectivity index (χ0) is 16.4. The molecule has 0 spiro atoms. The molecule has 124 valence electrons. The molecular formula is C16H22N4O3. The minimum absolute atomic E-state index is 0.0855. The van der Waals surface area contributed by atoms with Crippen LogP contribution in [0.3, 0.4) is 0 Å². The first-order valence-electron chi connectivity index (χ1n) is 7.82. The van der Waals surface area contributed by atoms with Gasteiger partial charge < -0.3 is 26.0 Å². The molecule has 1 aliphatic carbocycles. The molecule has 3 amide bonds. The summed E-state index contributed by atoms with van der Waals surface area (Å²) in [6, 6.07) is 5.54. The molecule has 1 fully saturated rings. The van der Waals surface area contributed by atoms with Crippen molar-refractivity contribution in [2.45, 2.75) is 18.4 Å². The maximum absolute atomic E-state index is 12.6. The van der Waals surface area contributed by atoms with Gasteiger partial charge >= 0.3 is 6.03 Å². The monoisotopic (exact) mass is 318 g/mol. The second-order valence-electron chi connectivity index (χ2n) is 5.93. The highest BCUT2D eigenvalue weighted by Crippen LogP contribution is 2.39. The quantitative estimate of drug-likeness (QED) is 0.708. The van der Waals surface area contributed by atoms with E-state index in [9.17, 15) is 9.59 Å². The van der Waals surface area contributed by atoms with Gasteiger partial charge in [0.05, 0.1) is 7.11 Å². The van der Waals surface area contributed by atoms with E-state index in [1.807, 2.05) is 18.2 Å². The number of nitrogens with zero attached hydrogens (tertiary/aromatic N) is 1. The molecular weight excluding hydrogens is 296 g/mol. The molecule has 1 atom stereocenters. The van der Waals surface area contributed by atoms with E-state index >= 15 is 0 Å². The van der Waals surface area contributed by atoms with Crippen LogP contribution in [0.15, 0.2) is 18.2 Å². The molecule has 7 heteroatoms. The van der Waals surface area contributed by atoms with E-state index in [0.717, 1.165) is 23.3 Å². The van der Waals surface area contributed by atoms with Gasteiger partial charge in [-0.3, -0.25) is 4.79 Å². The molecule has 1 aliphatic heterocycles. The number of urea groups is 1. The van der Waals surface area contributed by atoms with E-state index in [1.54, 1.807) is 12.0 Å². The van der Waals surface area contributed by atoms with Crippen molar-refractivity contribution >= 4 is 11.9 Å². The van der Waals surface area contributed by atoms with Crippen molar-refractivity contribution in [2.75, 3.05) is 33.3 Å². The van der Waals surface area contributed by atoms with Crippen LogP contribution in [-0.2, 0) is 16.8 Å². The Morgan fingerprint density at radius 3 is 3.04 bits per heavy atom. The lowest BCUT2D eigenvalue weighted by Crippen LogP contribution is -2.51. The Kier molecular flexibility index (Phi) is 4.12. The standard InChI is InChI=1S/C16H22N4O3/c1-23-13-4-2-3-12-11(13)5-6-16(12,17)14(21)18-7-9-20-10-8-19-15(20)22/h2-4H,5-10,17H2,1H3,(H,18,21)(H,19,22). The van der Waals surface area contributed by atoms with E-state index < -0.39 is 5.54 Å². The average Bonchev–Trinajstić information content (AvgIpc) is 3.12. The number of rotatable bonds is 5. The molecule has 0 aromatic heterocycles. The third-order valence-corrected chi connectivity index (χ3v) is 4.62. The van der Waals surface area contributed by atoms with E-state index in [-0.39, 0.29) is 11.9 Å². The van der Waals surface area contributed by atoms with Crippen molar-refractivity contribution in [1.82, 2.24) is 15.5 Å². The Morgan fingerprint density at radius 1 is 1.52 bits per heavy atom. The van der Waals surface area contributed by atoms with Gasteiger partial charge in [-0.15, -0.1) is 0 Å². The van der Waals surface area contributed by atoms with Crippen LogP contribution in [0, 0.1) is 0 Å². The van der Waals surface area contributed by atoms with Crippen molar-refractivity contribution in [3.63, 3.8) is 0 Å². The van der Waals surface area contributed by atoms with Gasteiger partial charge in [-0.2, -0.15) is 0 Å². The second kappa shape index (κ2) is 6.08. The number of hydrogen-bond donors (Lipinski definition) is 3. The number of benzene rings is 1. The zero-order valence-corrected chi connectivity index (χ0v) is 13.2. The summed E-state index contributed by atoms with van der Waals surface area (Å²) in [6.45, 7) is 2.20. The predicted molar refractivity (Wildman–Crippen MR) is 85.2 cm³/mol. The summed E-state index contributed by atoms with van der Waals surface area (Å²) in [4.78, 5) is 25.7. The number of carbonyl (C=O) groups excluding carboxylic acids is 2. The maximum Gasteiger partial charge on any atom is 0.317 e. The van der Waals surface area contributed by atoms with Crippen molar-refractivity contribution in [2.24, 2.45) is 5.73 Å². The summed E-state index contributed by atoms with van der Waals surface area (Å²) in [7, 11) is 1.62. The van der Waals surface area contributed by atoms with Crippen LogP contribution in [0.2, 0.25) is 0 Å². The van der Waals surface area contributed by atoms with Crippen LogP contribution in [0.5, 0.6) is 5.75 Å². The minimum Gasteiger partial charge on any atom is -0.496 e. The predicted octanol–water partition coefficient (Wildman–Crippen LogP) is -0.0632. The van der Waals surface area contributed by atoms with Gasteiger partial charge in [-0.25, -0.2) is 4.79 Å². The number of nitrogens with two attached hydrogens (primary N) is 1. The third kappa shape index (κ3) is 2.72. The molecule has 0 bridgehead atoms. The molecule has 1 aromatic rings. The van der Waals surface area contributed by atoms with Crippen molar-refractivity contribution in [3.8, 4) is 5.75 Å². The molecule has 7 nitrogen and oxygen atoms in total. The Bertz CT molecular complexity index is 634. The van der Waals surface area contributed by atoms with E-state index in [2.05, 4.69) is 10.6 Å². The molecule has 3 rings (SSSR count). The Morgan fingerprint density at radius 2 is 2.35 bits per heavy atom. The maximum atomic E-state index is 12.6. The fourth-order valence-electron chi connectivity index (χ4n) is 3.31. The topological polar surface area (TPSA) is 96.7 Å². The summed E-state index contributed by atoms with van der Waals surface area (Å²) in [5.41, 5.74) is 7.20. The van der Waals surface area contributed by atoms with Gasteiger partial charge in [0, 0.05) is 26.2 Å². The number of methoxy groups -OCH3 is 1. The van der Waals surface area contributed by atoms with E-state index in [0.29, 0.717) is 32.6 Å². The van der Waals surface area contributed by atoms with Crippen molar-refractivity contribution in [1.29, 1.82) is 0 Å². The molecule has 1 heterocycles. The number of fused-ring (bicyclic) bond motifs is 1. The second-order valence-corrected chi connectivity index (χ2v) is 5.93. The minimum atomic E-state index is -1.03. The number of amides is 3. The molecule has 23 heavy (non-hydrogen) atoms. The van der Waals surface area contributed by atoms with E-state index in [4.69, 9.17) is 10.5 Å². The first-order chi connectivity index (χ1) is 11.1. The van der Waals surface area contributed by atoms with Crippen molar-refractivity contribution in [3.05, 3.63) is 29.3 Å². The van der Waals surface area contributed by atoms with Gasteiger partial charge in [0.25, 0.3) is 0 Å². The van der Waals surface area contributed by atoms with E-state index in [1.165, 1.54) is 0 Å². The number of nitrogens with one attached hydrogen (secondary N) is 2. The van der Waals surface area contributed by atoms with Crippen LogP contribution >= 0.6 is 0 Å². The normalized spacial score (nSPS) is 22.7. The molecule has 1 unspecified atom stereocenters. The first kappa shape index (κ1) is 15.6. The summed E-state index contributed by atoms with van der Waals surface area (Å²) >= 11 is 0. The number of hydrogen-bond acceptors (Lipinski definition) is 4. The Balaban J connectivity index is 1.65. The zero-order valence-electron chi connectivity index (χ0n) is 13.2. The lowest BCUT2D eigenvalue weighted by atomic mass is 9.92. The van der Waals surface area contributed by atoms with Gasteiger partial charge in [0.15, 0.2) is 0 Å². The first-order valence-corrected chi connectivity index (χ1v) is 7.82. The van der Waals surface area contributed by atoms with Gasteiger partial charge in [0.2, 0.25) is 5.91 Å². The van der Waals surface area contributed by atoms with Gasteiger partial charge in [0.1, 0.15) is 11.3 Å². The van der Waals surface area contributed by atoms with Crippen LogP contribution in [0.1, 0.15) is 17.5 Å². The van der Waals surface area contributed by atoms with Crippen LogP contribution in [0.4, 0.5) is 4.79 Å². The third-order valence-electron chi connectivity index (χ3n) is 4.62. The largest absolute Gasteiger partial charge is 0.496 e. The molecule has 0 saturated carbocycles. The highest BCUT2D eigenvalue weighted by molar-refractivity contribution is 5.89. The SMILES string of the molecule is COc1cccc2c1CCC2(N)C(=O)NCCN1CCNC1=O. The molecule has 0 radical (unpaired) electrons. The number of ether oxygens (including phenoxy) is 1. The molecule has 2 aliphatic rings. The fraction of sp³-hybridized carbons (Fsp3) is 0.500. The smallest absolute Gasteiger partial charge is 0.317 e. The van der Waals surface area contributed by atoms with Crippen LogP contribution < -0.4 is 21.1 Å². The lowest BCUT2D eigenvalue weighted by Gasteiger charge is -2.25. The Hall–Kier alpha value is -2.28. The molecule has 4 N–H and O–H groups in total. The van der Waals surface area contributed by atoms with Crippen LogP contribution in [-0.4, -0.2) is 50.1 Å². The summed E-state index contributed by atoms with van der Waals surface area (Å²) in [5.74, 6) is 0.570. The summed E-state index contributed by atoms with van der Waals surface area (Å²) in [6.07, 6.45) is 1.27. The summed E-state index contributed by atoms with van der Waals surface area (Å²) < 4.78 is 5.35. The summed E-state index contributed by atoms with van der Waals surface area (Å²) in [5, 5.41) is 5.60. The lowest BCUT2D eigenvalue weighted by molar-refractivity contribution is -0.126. The van der Waals surface area contributed by atoms with Crippen LogP contribution in [0.25, 0.3) is 0 Å². The van der Waals surface area contributed by atoms with Gasteiger partial charge in [-0.1, -0.05) is 12.1 Å². The number of carbonyl (C=O) groups is 2. The molecule has 1 saturated heterocycles. The highest BCUT2D eigenvalue weighted by atomic mass is 16.5.